The highest BCUT2D eigenvalue weighted by atomic mass is 32.2. The molecule has 1 saturated carbocycles. The summed E-state index contributed by atoms with van der Waals surface area (Å²) in [6.45, 7) is 4.05. The second-order valence-corrected chi connectivity index (χ2v) is 9.95. The predicted octanol–water partition coefficient (Wildman–Crippen LogP) is 2.19. The van der Waals surface area contributed by atoms with Crippen LogP contribution in [-0.4, -0.2) is 37.3 Å². The SMILES string of the molecule is CC(C)CCS(=O)(=O)NC1CC(C2=CB(O)Oc3cnc4c(c32)C=CC4)C1. The minimum Gasteiger partial charge on any atom is -0.531 e. The Morgan fingerprint density at radius 1 is 1.41 bits per heavy atom. The number of rotatable bonds is 6. The van der Waals surface area contributed by atoms with Gasteiger partial charge in [-0.25, -0.2) is 13.1 Å². The first-order chi connectivity index (χ1) is 12.8. The van der Waals surface area contributed by atoms with Crippen LogP contribution in [0.2, 0.25) is 0 Å². The van der Waals surface area contributed by atoms with Crippen LogP contribution in [0.4, 0.5) is 0 Å². The van der Waals surface area contributed by atoms with Crippen molar-refractivity contribution in [3.8, 4) is 5.75 Å². The third-order valence-electron chi connectivity index (χ3n) is 5.51. The van der Waals surface area contributed by atoms with Crippen molar-refractivity contribution in [2.75, 3.05) is 5.75 Å². The summed E-state index contributed by atoms with van der Waals surface area (Å²) < 4.78 is 32.8. The number of nitrogens with one attached hydrogen (secondary N) is 1. The van der Waals surface area contributed by atoms with Crippen molar-refractivity contribution in [1.82, 2.24) is 9.71 Å². The fourth-order valence-electron chi connectivity index (χ4n) is 3.98. The molecule has 1 aliphatic heterocycles. The molecule has 1 aromatic rings. The number of hydrogen-bond acceptors (Lipinski definition) is 5. The van der Waals surface area contributed by atoms with Crippen molar-refractivity contribution in [3.05, 3.63) is 35.1 Å². The molecule has 27 heavy (non-hydrogen) atoms. The zero-order valence-electron chi connectivity index (χ0n) is 15.7. The number of nitrogens with zero attached hydrogens (tertiary/aromatic N) is 1. The van der Waals surface area contributed by atoms with Crippen LogP contribution in [0.1, 0.15) is 49.9 Å². The van der Waals surface area contributed by atoms with Crippen LogP contribution < -0.4 is 9.38 Å². The van der Waals surface area contributed by atoms with Crippen LogP contribution in [0.25, 0.3) is 11.6 Å². The maximum Gasteiger partial charge on any atom is 0.552 e. The third-order valence-corrected chi connectivity index (χ3v) is 6.97. The van der Waals surface area contributed by atoms with Gasteiger partial charge >= 0.3 is 7.12 Å². The van der Waals surface area contributed by atoms with Crippen molar-refractivity contribution in [2.24, 2.45) is 11.8 Å². The third kappa shape index (κ3) is 3.84. The molecule has 0 atom stereocenters. The Balaban J connectivity index is 1.47. The largest absolute Gasteiger partial charge is 0.552 e. The molecular weight excluding hydrogens is 363 g/mol. The summed E-state index contributed by atoms with van der Waals surface area (Å²) in [4.78, 5) is 4.43. The highest BCUT2D eigenvalue weighted by Gasteiger charge is 2.39. The van der Waals surface area contributed by atoms with Crippen LogP contribution >= 0.6 is 0 Å². The van der Waals surface area contributed by atoms with E-state index < -0.39 is 17.1 Å². The van der Waals surface area contributed by atoms with Crippen LogP contribution in [0, 0.1) is 11.8 Å². The van der Waals surface area contributed by atoms with Crippen molar-refractivity contribution in [3.63, 3.8) is 0 Å². The normalized spacial score (nSPS) is 23.6. The van der Waals surface area contributed by atoms with Crippen LogP contribution in [0.5, 0.6) is 5.75 Å². The van der Waals surface area contributed by atoms with Crippen LogP contribution in [0.3, 0.4) is 0 Å². The molecule has 0 amide bonds. The summed E-state index contributed by atoms with van der Waals surface area (Å²) in [6, 6.07) is -0.0399. The zero-order chi connectivity index (χ0) is 19.2. The molecule has 0 spiro atoms. The molecule has 0 radical (unpaired) electrons. The van der Waals surface area contributed by atoms with Gasteiger partial charge < -0.3 is 9.68 Å². The molecule has 0 saturated heterocycles. The lowest BCUT2D eigenvalue weighted by molar-refractivity contribution is 0.308. The lowest BCUT2D eigenvalue weighted by Gasteiger charge is -2.39. The maximum atomic E-state index is 12.2. The molecule has 0 aromatic carbocycles. The van der Waals surface area contributed by atoms with E-state index in [1.807, 2.05) is 13.8 Å². The van der Waals surface area contributed by atoms with Gasteiger partial charge in [0.2, 0.25) is 10.0 Å². The van der Waals surface area contributed by atoms with Gasteiger partial charge in [0.1, 0.15) is 5.75 Å². The summed E-state index contributed by atoms with van der Waals surface area (Å²) in [5, 5.41) is 10.1. The molecule has 2 aliphatic carbocycles. The average Bonchev–Trinajstić information content (AvgIpc) is 3.04. The monoisotopic (exact) mass is 388 g/mol. The van der Waals surface area contributed by atoms with E-state index in [0.29, 0.717) is 18.1 Å². The van der Waals surface area contributed by atoms with E-state index in [2.05, 4.69) is 21.9 Å². The summed E-state index contributed by atoms with van der Waals surface area (Å²) in [7, 11) is -4.22. The molecule has 1 aromatic heterocycles. The lowest BCUT2D eigenvalue weighted by Crippen LogP contribution is -2.46. The van der Waals surface area contributed by atoms with E-state index in [4.69, 9.17) is 4.65 Å². The van der Waals surface area contributed by atoms with Crippen molar-refractivity contribution in [2.45, 2.75) is 45.6 Å². The van der Waals surface area contributed by atoms with Crippen molar-refractivity contribution in [1.29, 1.82) is 0 Å². The molecule has 4 rings (SSSR count). The number of aromatic nitrogens is 1. The molecule has 0 bridgehead atoms. The van der Waals surface area contributed by atoms with E-state index >= 15 is 0 Å². The molecule has 2 N–H and O–H groups in total. The number of hydrogen-bond donors (Lipinski definition) is 2. The van der Waals surface area contributed by atoms with Gasteiger partial charge in [-0.3, -0.25) is 4.98 Å². The van der Waals surface area contributed by atoms with Crippen LogP contribution in [-0.2, 0) is 16.4 Å². The predicted molar refractivity (Wildman–Crippen MR) is 106 cm³/mol. The first-order valence-electron chi connectivity index (χ1n) is 9.57. The fourth-order valence-corrected chi connectivity index (χ4v) is 5.58. The average molecular weight is 388 g/mol. The molecule has 3 aliphatic rings. The van der Waals surface area contributed by atoms with E-state index in [-0.39, 0.29) is 17.7 Å². The van der Waals surface area contributed by atoms with E-state index in [9.17, 15) is 13.4 Å². The number of allylic oxidation sites excluding steroid dienone is 2. The lowest BCUT2D eigenvalue weighted by atomic mass is 9.68. The smallest absolute Gasteiger partial charge is 0.531 e. The van der Waals surface area contributed by atoms with Gasteiger partial charge in [0.05, 0.1) is 17.6 Å². The summed E-state index contributed by atoms with van der Waals surface area (Å²) >= 11 is 0. The zero-order valence-corrected chi connectivity index (χ0v) is 16.5. The molecule has 6 nitrogen and oxygen atoms in total. The molecule has 0 unspecified atom stereocenters. The fraction of sp³-hybridized carbons (Fsp3) is 0.526. The summed E-state index contributed by atoms with van der Waals surface area (Å²) in [6.07, 6.45) is 8.76. The van der Waals surface area contributed by atoms with E-state index in [1.54, 1.807) is 12.2 Å². The molecule has 8 heteroatoms. The topological polar surface area (TPSA) is 88.5 Å². The van der Waals surface area contributed by atoms with E-state index in [0.717, 1.165) is 41.7 Å². The highest BCUT2D eigenvalue weighted by molar-refractivity contribution is 7.89. The second kappa shape index (κ2) is 7.07. The highest BCUT2D eigenvalue weighted by Crippen LogP contribution is 2.46. The Bertz CT molecular complexity index is 905. The van der Waals surface area contributed by atoms with Gasteiger partial charge in [-0.15, -0.1) is 0 Å². The summed E-state index contributed by atoms with van der Waals surface area (Å²) in [5.41, 5.74) is 4.13. The Labute approximate surface area is 160 Å². The minimum atomic E-state index is -3.24. The first-order valence-corrected chi connectivity index (χ1v) is 11.2. The Morgan fingerprint density at radius 2 is 2.19 bits per heavy atom. The number of pyridine rings is 1. The van der Waals surface area contributed by atoms with Gasteiger partial charge in [0.15, 0.2) is 0 Å². The van der Waals surface area contributed by atoms with Gasteiger partial charge in [0, 0.05) is 23.6 Å². The molecule has 2 heterocycles. The molecular formula is C19H25BN2O4S. The minimum absolute atomic E-state index is 0.0399. The molecule has 1 fully saturated rings. The van der Waals surface area contributed by atoms with Crippen molar-refractivity contribution >= 4 is 28.8 Å². The van der Waals surface area contributed by atoms with Gasteiger partial charge in [-0.05, 0) is 42.6 Å². The number of fused-ring (bicyclic) bond motifs is 3. The standard InChI is InChI=1S/C19H25BN2O4S/c1-12(2)6-7-27(24,25)22-14-8-13(9-14)16-10-20(23)26-18-11-21-17-5-3-4-15(17)19(16)18/h3-4,10-14,22-23H,5-9H2,1-2H3. The quantitative estimate of drug-likeness (QED) is 0.730. The van der Waals surface area contributed by atoms with Gasteiger partial charge in [0.25, 0.3) is 0 Å². The Morgan fingerprint density at radius 3 is 2.93 bits per heavy atom. The van der Waals surface area contributed by atoms with Crippen LogP contribution in [0.15, 0.2) is 18.2 Å². The molecule has 144 valence electrons. The second-order valence-electron chi connectivity index (χ2n) is 8.08. The van der Waals surface area contributed by atoms with Gasteiger partial charge in [-0.2, -0.15) is 0 Å². The van der Waals surface area contributed by atoms with E-state index in [1.165, 1.54) is 0 Å². The van der Waals surface area contributed by atoms with Crippen molar-refractivity contribution < 1.29 is 18.1 Å². The van der Waals surface area contributed by atoms with Gasteiger partial charge in [-0.1, -0.05) is 26.0 Å². The summed E-state index contributed by atoms with van der Waals surface area (Å²) in [5.74, 6) is 3.10. The number of sulfonamides is 1. The first kappa shape index (κ1) is 18.7. The Kier molecular flexibility index (Phi) is 4.90. The maximum absolute atomic E-state index is 12.2. The Hall–Kier alpha value is -1.64.